The molecule has 0 amide bonds. The molecule has 0 bridgehead atoms. The molecule has 0 radical (unpaired) electrons. The second-order valence-corrected chi connectivity index (χ2v) is 7.46. The fourth-order valence-corrected chi connectivity index (χ4v) is 3.75. The lowest BCUT2D eigenvalue weighted by molar-refractivity contribution is 0.146. The first-order valence-corrected chi connectivity index (χ1v) is 10.1. The summed E-state index contributed by atoms with van der Waals surface area (Å²) in [5.74, 6) is 2.73. The quantitative estimate of drug-likeness (QED) is 0.319. The summed E-state index contributed by atoms with van der Waals surface area (Å²) in [5, 5.41) is 6.91. The van der Waals surface area contributed by atoms with E-state index < -0.39 is 0 Å². The number of aliphatic imine (C=N–C) groups is 1. The Morgan fingerprint density at radius 1 is 1.03 bits per heavy atom. The number of guanidine groups is 1. The van der Waals surface area contributed by atoms with E-state index in [0.29, 0.717) is 6.54 Å². The molecule has 7 nitrogen and oxygen atoms in total. The first-order valence-electron chi connectivity index (χ1n) is 10.1. The average molecular weight is 515 g/mol. The lowest BCUT2D eigenvalue weighted by Gasteiger charge is -2.34. The lowest BCUT2D eigenvalue weighted by atomic mass is 10.1. The standard InChI is InChI=1S/C21H33N5O2.HI/c1-22-21(23-15-17(25(2)3)19-9-7-13-27-19)24-16-18(20-10-8-14-28-20)26-11-5-4-6-12-26;/h7-10,13-14,17-18H,4-6,11-12,15-16H2,1-3H3,(H2,22,23,24);1H. The van der Waals surface area contributed by atoms with Gasteiger partial charge in [0.05, 0.1) is 24.6 Å². The van der Waals surface area contributed by atoms with E-state index in [9.17, 15) is 0 Å². The summed E-state index contributed by atoms with van der Waals surface area (Å²) in [6.45, 7) is 3.68. The Hall–Kier alpha value is -1.52. The van der Waals surface area contributed by atoms with Gasteiger partial charge >= 0.3 is 0 Å². The highest BCUT2D eigenvalue weighted by Crippen LogP contribution is 2.24. The Morgan fingerprint density at radius 3 is 2.21 bits per heavy atom. The van der Waals surface area contributed by atoms with E-state index in [1.54, 1.807) is 19.6 Å². The molecule has 2 aromatic rings. The van der Waals surface area contributed by atoms with E-state index in [-0.39, 0.29) is 36.1 Å². The molecule has 8 heteroatoms. The first kappa shape index (κ1) is 23.8. The molecule has 0 saturated carbocycles. The number of nitrogens with zero attached hydrogens (tertiary/aromatic N) is 3. The molecule has 2 N–H and O–H groups in total. The third kappa shape index (κ3) is 6.75. The monoisotopic (exact) mass is 515 g/mol. The summed E-state index contributed by atoms with van der Waals surface area (Å²) < 4.78 is 11.3. The van der Waals surface area contributed by atoms with Crippen molar-refractivity contribution >= 4 is 29.9 Å². The van der Waals surface area contributed by atoms with Crippen LogP contribution < -0.4 is 10.6 Å². The summed E-state index contributed by atoms with van der Waals surface area (Å²) in [7, 11) is 5.90. The van der Waals surface area contributed by atoms with Crippen molar-refractivity contribution in [2.75, 3.05) is 47.3 Å². The van der Waals surface area contributed by atoms with Crippen LogP contribution in [-0.4, -0.2) is 63.1 Å². The van der Waals surface area contributed by atoms with Gasteiger partial charge in [-0.15, -0.1) is 24.0 Å². The van der Waals surface area contributed by atoms with Gasteiger partial charge in [0.1, 0.15) is 11.5 Å². The number of likely N-dealkylation sites (N-methyl/N-ethyl adjacent to an activating group) is 1. The summed E-state index contributed by atoms with van der Waals surface area (Å²) in [4.78, 5) is 9.04. The van der Waals surface area contributed by atoms with Crippen molar-refractivity contribution in [3.8, 4) is 0 Å². The number of furan rings is 2. The molecular weight excluding hydrogens is 481 g/mol. The van der Waals surface area contributed by atoms with Crippen LogP contribution in [0.5, 0.6) is 0 Å². The molecule has 2 atom stereocenters. The van der Waals surface area contributed by atoms with E-state index in [1.807, 2.05) is 32.3 Å². The van der Waals surface area contributed by atoms with E-state index in [4.69, 9.17) is 8.83 Å². The molecular formula is C21H34IN5O2. The summed E-state index contributed by atoms with van der Waals surface area (Å²) >= 11 is 0. The van der Waals surface area contributed by atoms with Gasteiger partial charge in [-0.25, -0.2) is 0 Å². The molecule has 1 aliphatic heterocycles. The summed E-state index contributed by atoms with van der Waals surface area (Å²) in [6, 6.07) is 8.30. The van der Waals surface area contributed by atoms with Crippen molar-refractivity contribution in [1.29, 1.82) is 0 Å². The van der Waals surface area contributed by atoms with Crippen molar-refractivity contribution in [2.24, 2.45) is 4.99 Å². The fourth-order valence-electron chi connectivity index (χ4n) is 3.75. The van der Waals surface area contributed by atoms with Gasteiger partial charge in [0.2, 0.25) is 0 Å². The van der Waals surface area contributed by atoms with Gasteiger partial charge in [0.25, 0.3) is 0 Å². The number of piperidine rings is 1. The number of likely N-dealkylation sites (tertiary alicyclic amines) is 1. The Kier molecular flexibility index (Phi) is 10.0. The highest BCUT2D eigenvalue weighted by Gasteiger charge is 2.25. The normalized spacial score (nSPS) is 17.6. The Balaban J connectivity index is 0.00000300. The predicted octanol–water partition coefficient (Wildman–Crippen LogP) is 3.49. The molecule has 3 heterocycles. The Labute approximate surface area is 190 Å². The van der Waals surface area contributed by atoms with Gasteiger partial charge in [0, 0.05) is 20.1 Å². The SMILES string of the molecule is CN=C(NCC(c1ccco1)N(C)C)NCC(c1ccco1)N1CCCCC1.I. The van der Waals surface area contributed by atoms with Crippen LogP contribution in [0, 0.1) is 0 Å². The van der Waals surface area contributed by atoms with Crippen molar-refractivity contribution in [2.45, 2.75) is 31.3 Å². The second-order valence-electron chi connectivity index (χ2n) is 7.46. The minimum absolute atomic E-state index is 0. The summed E-state index contributed by atoms with van der Waals surface area (Å²) in [6.07, 6.45) is 7.28. The predicted molar refractivity (Wildman–Crippen MR) is 127 cm³/mol. The van der Waals surface area contributed by atoms with E-state index >= 15 is 0 Å². The molecule has 2 unspecified atom stereocenters. The van der Waals surface area contributed by atoms with Crippen LogP contribution in [-0.2, 0) is 0 Å². The number of halogens is 1. The van der Waals surface area contributed by atoms with Crippen LogP contribution in [0.1, 0.15) is 42.9 Å². The number of nitrogens with one attached hydrogen (secondary N) is 2. The molecule has 1 saturated heterocycles. The van der Waals surface area contributed by atoms with E-state index in [0.717, 1.165) is 37.1 Å². The molecule has 0 aliphatic carbocycles. The van der Waals surface area contributed by atoms with Crippen molar-refractivity contribution in [3.05, 3.63) is 48.3 Å². The van der Waals surface area contributed by atoms with Gasteiger partial charge in [-0.3, -0.25) is 14.8 Å². The van der Waals surface area contributed by atoms with Crippen LogP contribution in [0.4, 0.5) is 0 Å². The maximum atomic E-state index is 5.73. The van der Waals surface area contributed by atoms with Gasteiger partial charge < -0.3 is 19.5 Å². The molecule has 0 aromatic carbocycles. The Bertz CT molecular complexity index is 697. The Morgan fingerprint density at radius 2 is 1.66 bits per heavy atom. The second kappa shape index (κ2) is 12.2. The molecule has 162 valence electrons. The zero-order valence-corrected chi connectivity index (χ0v) is 20.0. The number of rotatable bonds is 8. The van der Waals surface area contributed by atoms with Crippen LogP contribution >= 0.6 is 24.0 Å². The molecule has 2 aromatic heterocycles. The van der Waals surface area contributed by atoms with Crippen molar-refractivity contribution < 1.29 is 8.83 Å². The maximum absolute atomic E-state index is 5.73. The zero-order valence-electron chi connectivity index (χ0n) is 17.6. The van der Waals surface area contributed by atoms with Crippen molar-refractivity contribution in [1.82, 2.24) is 20.4 Å². The fraction of sp³-hybridized carbons (Fsp3) is 0.571. The third-order valence-electron chi connectivity index (χ3n) is 5.35. The van der Waals surface area contributed by atoms with Gasteiger partial charge in [-0.2, -0.15) is 0 Å². The molecule has 1 fully saturated rings. The average Bonchev–Trinajstić information content (AvgIpc) is 3.42. The van der Waals surface area contributed by atoms with Gasteiger partial charge in [-0.05, 0) is 64.3 Å². The highest BCUT2D eigenvalue weighted by molar-refractivity contribution is 14.0. The molecule has 29 heavy (non-hydrogen) atoms. The van der Waals surface area contributed by atoms with Crippen LogP contribution in [0.3, 0.4) is 0 Å². The van der Waals surface area contributed by atoms with Gasteiger partial charge in [0.15, 0.2) is 5.96 Å². The zero-order chi connectivity index (χ0) is 19.8. The van der Waals surface area contributed by atoms with E-state index in [1.165, 1.54) is 19.3 Å². The third-order valence-corrected chi connectivity index (χ3v) is 5.35. The van der Waals surface area contributed by atoms with Gasteiger partial charge in [-0.1, -0.05) is 6.42 Å². The maximum Gasteiger partial charge on any atom is 0.191 e. The van der Waals surface area contributed by atoms with E-state index in [2.05, 4.69) is 31.5 Å². The van der Waals surface area contributed by atoms with Crippen molar-refractivity contribution in [3.63, 3.8) is 0 Å². The molecule has 0 spiro atoms. The minimum atomic E-state index is 0. The van der Waals surface area contributed by atoms with Crippen LogP contribution in [0.15, 0.2) is 50.6 Å². The minimum Gasteiger partial charge on any atom is -0.468 e. The lowest BCUT2D eigenvalue weighted by Crippen LogP contribution is -2.46. The number of hydrogen-bond acceptors (Lipinski definition) is 5. The molecule has 1 aliphatic rings. The highest BCUT2D eigenvalue weighted by atomic mass is 127. The number of hydrogen-bond donors (Lipinski definition) is 2. The smallest absolute Gasteiger partial charge is 0.191 e. The van der Waals surface area contributed by atoms with Crippen LogP contribution in [0.25, 0.3) is 0 Å². The summed E-state index contributed by atoms with van der Waals surface area (Å²) in [5.41, 5.74) is 0. The largest absolute Gasteiger partial charge is 0.468 e. The topological polar surface area (TPSA) is 69.2 Å². The first-order chi connectivity index (χ1) is 13.7. The molecule has 3 rings (SSSR count). The van der Waals surface area contributed by atoms with Crippen LogP contribution in [0.2, 0.25) is 0 Å².